The first-order valence-corrected chi connectivity index (χ1v) is 11.5. The zero-order chi connectivity index (χ0) is 24.9. The van der Waals surface area contributed by atoms with Gasteiger partial charge in [0.2, 0.25) is 5.96 Å². The molecule has 4 rings (SSSR count). The van der Waals surface area contributed by atoms with E-state index in [0.29, 0.717) is 23.3 Å². The number of nitro benzene ring substituents is 1. The molecule has 1 fully saturated rings. The quantitative estimate of drug-likeness (QED) is 0.311. The Morgan fingerprint density at radius 3 is 1.71 bits per heavy atom. The summed E-state index contributed by atoms with van der Waals surface area (Å²) in [6, 6.07) is 25.8. The molecule has 0 atom stereocenters. The molecule has 0 radical (unpaired) electrons. The normalized spacial score (nSPS) is 17.4. The monoisotopic (exact) mass is 468 g/mol. The summed E-state index contributed by atoms with van der Waals surface area (Å²) in [5.74, 6) is 1.93. The van der Waals surface area contributed by atoms with Crippen molar-refractivity contribution in [2.75, 3.05) is 4.90 Å². The van der Waals surface area contributed by atoms with Gasteiger partial charge in [0.1, 0.15) is 0 Å². The summed E-state index contributed by atoms with van der Waals surface area (Å²) in [6.45, 7) is 8.19. The predicted molar refractivity (Wildman–Crippen MR) is 142 cm³/mol. The molecule has 35 heavy (non-hydrogen) atoms. The van der Waals surface area contributed by atoms with Gasteiger partial charge in [-0.05, 0) is 64.1 Å². The van der Waals surface area contributed by atoms with Crippen LogP contribution in [0.1, 0.15) is 27.7 Å². The van der Waals surface area contributed by atoms with Gasteiger partial charge < -0.3 is 0 Å². The largest absolute Gasteiger partial charge is 0.291 e. The average molecular weight is 469 g/mol. The van der Waals surface area contributed by atoms with E-state index in [9.17, 15) is 10.1 Å². The molecule has 0 N–H and O–H groups in total. The maximum atomic E-state index is 11.3. The van der Waals surface area contributed by atoms with E-state index in [4.69, 9.17) is 15.0 Å². The van der Waals surface area contributed by atoms with Gasteiger partial charge >= 0.3 is 0 Å². The van der Waals surface area contributed by atoms with Crippen molar-refractivity contribution in [3.63, 3.8) is 0 Å². The van der Waals surface area contributed by atoms with Crippen molar-refractivity contribution in [2.24, 2.45) is 15.0 Å². The number of guanidine groups is 1. The third kappa shape index (κ3) is 5.27. The van der Waals surface area contributed by atoms with Gasteiger partial charge in [-0.2, -0.15) is 0 Å². The molecule has 8 nitrogen and oxygen atoms in total. The van der Waals surface area contributed by atoms with Crippen molar-refractivity contribution in [3.05, 3.63) is 95.0 Å². The fraction of sp³-hybridized carbons (Fsp3) is 0.222. The zero-order valence-electron chi connectivity index (χ0n) is 20.2. The number of hydrogen-bond donors (Lipinski definition) is 0. The van der Waals surface area contributed by atoms with Crippen LogP contribution in [0.15, 0.2) is 99.9 Å². The maximum absolute atomic E-state index is 11.3. The number of nitrogens with zero attached hydrogens (tertiary/aromatic N) is 6. The summed E-state index contributed by atoms with van der Waals surface area (Å²) < 4.78 is 0. The van der Waals surface area contributed by atoms with Crippen LogP contribution in [0, 0.1) is 10.1 Å². The van der Waals surface area contributed by atoms with E-state index in [-0.39, 0.29) is 17.8 Å². The van der Waals surface area contributed by atoms with Crippen LogP contribution in [0.25, 0.3) is 0 Å². The third-order valence-corrected chi connectivity index (χ3v) is 5.25. The second-order valence-electron chi connectivity index (χ2n) is 8.64. The Balaban J connectivity index is 1.99. The number of non-ortho nitro benzene ring substituents is 1. The average Bonchev–Trinajstić information content (AvgIpc) is 3.12. The maximum Gasteiger partial charge on any atom is 0.269 e. The second kappa shape index (κ2) is 10.3. The first-order valence-electron chi connectivity index (χ1n) is 11.5. The van der Waals surface area contributed by atoms with Crippen molar-refractivity contribution < 1.29 is 4.92 Å². The standard InChI is InChI=1S/C27H28N6O2/c1-19(2)28-27-31(20(3)4)25(29-21-11-7-5-8-12-21)26(30-22-13-9-6-10-14-22)32(27)23-15-17-24(18-16-23)33(34)35/h5-20H,1-4H3. The number of hydrogen-bond acceptors (Lipinski definition) is 5. The van der Waals surface area contributed by atoms with Crippen molar-refractivity contribution in [3.8, 4) is 0 Å². The SMILES string of the molecule is CC(C)N=C1N(c2ccc([N+](=O)[O-])cc2)C(=Nc2ccccc2)C(=Nc2ccccc2)N1C(C)C. The van der Waals surface area contributed by atoms with E-state index in [1.807, 2.05) is 79.4 Å². The molecule has 1 heterocycles. The lowest BCUT2D eigenvalue weighted by molar-refractivity contribution is -0.384. The molecule has 1 saturated heterocycles. The first-order chi connectivity index (χ1) is 16.8. The summed E-state index contributed by atoms with van der Waals surface area (Å²) in [5.41, 5.74) is 2.30. The van der Waals surface area contributed by atoms with Crippen LogP contribution in [0.2, 0.25) is 0 Å². The highest BCUT2D eigenvalue weighted by molar-refractivity contribution is 6.57. The van der Waals surface area contributed by atoms with E-state index in [1.165, 1.54) is 12.1 Å². The minimum Gasteiger partial charge on any atom is -0.291 e. The number of rotatable bonds is 6. The molecule has 0 bridgehead atoms. The highest BCUT2D eigenvalue weighted by Gasteiger charge is 2.41. The van der Waals surface area contributed by atoms with Gasteiger partial charge in [-0.15, -0.1) is 0 Å². The highest BCUT2D eigenvalue weighted by Crippen LogP contribution is 2.30. The smallest absolute Gasteiger partial charge is 0.269 e. The highest BCUT2D eigenvalue weighted by atomic mass is 16.6. The molecule has 3 aromatic rings. The Kier molecular flexibility index (Phi) is 7.01. The van der Waals surface area contributed by atoms with E-state index in [1.54, 1.807) is 12.1 Å². The van der Waals surface area contributed by atoms with Gasteiger partial charge in [0.05, 0.1) is 22.0 Å². The third-order valence-electron chi connectivity index (χ3n) is 5.25. The van der Waals surface area contributed by atoms with Gasteiger partial charge in [0.25, 0.3) is 5.69 Å². The molecule has 0 unspecified atom stereocenters. The van der Waals surface area contributed by atoms with Crippen LogP contribution in [0.3, 0.4) is 0 Å². The van der Waals surface area contributed by atoms with Crippen LogP contribution in [-0.4, -0.2) is 39.5 Å². The molecular weight excluding hydrogens is 440 g/mol. The lowest BCUT2D eigenvalue weighted by Gasteiger charge is -2.25. The fourth-order valence-corrected chi connectivity index (χ4v) is 3.75. The molecule has 1 aliphatic rings. The van der Waals surface area contributed by atoms with Gasteiger partial charge in [-0.25, -0.2) is 15.0 Å². The van der Waals surface area contributed by atoms with Gasteiger partial charge in [0, 0.05) is 24.2 Å². The van der Waals surface area contributed by atoms with Crippen LogP contribution in [0.4, 0.5) is 22.7 Å². The summed E-state index contributed by atoms with van der Waals surface area (Å²) in [6.07, 6.45) is 0. The van der Waals surface area contributed by atoms with Crippen molar-refractivity contribution in [1.82, 2.24) is 4.90 Å². The number of anilines is 1. The molecule has 0 amide bonds. The van der Waals surface area contributed by atoms with Crippen molar-refractivity contribution in [2.45, 2.75) is 39.8 Å². The van der Waals surface area contributed by atoms with E-state index >= 15 is 0 Å². The predicted octanol–water partition coefficient (Wildman–Crippen LogP) is 6.35. The topological polar surface area (TPSA) is 86.7 Å². The molecule has 0 aliphatic carbocycles. The summed E-state index contributed by atoms with van der Waals surface area (Å²) in [4.78, 5) is 29.8. The Labute approximate surface area is 205 Å². The van der Waals surface area contributed by atoms with Gasteiger partial charge in [0.15, 0.2) is 11.7 Å². The van der Waals surface area contributed by atoms with Gasteiger partial charge in [-0.1, -0.05) is 36.4 Å². The van der Waals surface area contributed by atoms with Crippen LogP contribution in [-0.2, 0) is 0 Å². The lowest BCUT2D eigenvalue weighted by Crippen LogP contribution is -2.40. The summed E-state index contributed by atoms with van der Waals surface area (Å²) >= 11 is 0. The number of para-hydroxylation sites is 2. The summed E-state index contributed by atoms with van der Waals surface area (Å²) in [7, 11) is 0. The molecule has 0 saturated carbocycles. The summed E-state index contributed by atoms with van der Waals surface area (Å²) in [5, 5.41) is 11.3. The molecule has 0 aromatic heterocycles. The molecular formula is C27H28N6O2. The van der Waals surface area contributed by atoms with E-state index in [2.05, 4.69) is 18.7 Å². The fourth-order valence-electron chi connectivity index (χ4n) is 3.75. The van der Waals surface area contributed by atoms with E-state index in [0.717, 1.165) is 11.4 Å². The van der Waals surface area contributed by atoms with Crippen molar-refractivity contribution in [1.29, 1.82) is 0 Å². The lowest BCUT2D eigenvalue weighted by atomic mass is 10.2. The van der Waals surface area contributed by atoms with Gasteiger partial charge in [-0.3, -0.25) is 19.9 Å². The molecule has 178 valence electrons. The number of amidine groups is 2. The number of aliphatic imine (C=N–C) groups is 3. The van der Waals surface area contributed by atoms with Crippen molar-refractivity contribution >= 4 is 40.4 Å². The minimum absolute atomic E-state index is 0.000786. The van der Waals surface area contributed by atoms with E-state index < -0.39 is 4.92 Å². The van der Waals surface area contributed by atoms with Crippen LogP contribution < -0.4 is 4.90 Å². The Bertz CT molecular complexity index is 1270. The second-order valence-corrected chi connectivity index (χ2v) is 8.64. The Morgan fingerprint density at radius 1 is 0.743 bits per heavy atom. The molecule has 1 aliphatic heterocycles. The van der Waals surface area contributed by atoms with Crippen LogP contribution >= 0.6 is 0 Å². The zero-order valence-corrected chi connectivity index (χ0v) is 20.2. The Hall–Kier alpha value is -4.33. The van der Waals surface area contributed by atoms with Crippen LogP contribution in [0.5, 0.6) is 0 Å². The number of nitro groups is 1. The molecule has 0 spiro atoms. The Morgan fingerprint density at radius 2 is 1.26 bits per heavy atom. The first kappa shape index (κ1) is 23.8. The molecule has 3 aromatic carbocycles. The number of benzene rings is 3. The molecule has 8 heteroatoms. The minimum atomic E-state index is -0.404.